The van der Waals surface area contributed by atoms with E-state index in [4.69, 9.17) is 4.74 Å². The van der Waals surface area contributed by atoms with E-state index in [-0.39, 0.29) is 17.4 Å². The summed E-state index contributed by atoms with van der Waals surface area (Å²) in [5.41, 5.74) is 3.52. The average molecular weight is 440 g/mol. The first-order valence-corrected chi connectivity index (χ1v) is 11.2. The second kappa shape index (κ2) is 8.58. The summed E-state index contributed by atoms with van der Waals surface area (Å²) in [6.45, 7) is 2.37. The number of amides is 1. The fraction of sp³-hybridized carbons (Fsp3) is 0.214. The molecule has 2 unspecified atom stereocenters. The van der Waals surface area contributed by atoms with Gasteiger partial charge in [-0.2, -0.15) is 0 Å². The third-order valence-corrected chi connectivity index (χ3v) is 6.31. The van der Waals surface area contributed by atoms with E-state index in [9.17, 15) is 14.7 Å². The molecule has 166 valence electrons. The molecule has 2 aliphatic heterocycles. The van der Waals surface area contributed by atoms with Crippen molar-refractivity contribution in [2.45, 2.75) is 31.9 Å². The summed E-state index contributed by atoms with van der Waals surface area (Å²) < 4.78 is 5.76. The molecular formula is C28H25NO4. The van der Waals surface area contributed by atoms with E-state index in [0.29, 0.717) is 18.5 Å². The van der Waals surface area contributed by atoms with Crippen molar-refractivity contribution in [3.63, 3.8) is 0 Å². The molecule has 5 rings (SSSR count). The minimum absolute atomic E-state index is 0.0743. The largest absolute Gasteiger partial charge is 0.507 e. The molecule has 3 aromatic rings. The number of hydrogen-bond acceptors (Lipinski definition) is 4. The van der Waals surface area contributed by atoms with Gasteiger partial charge in [0.25, 0.3) is 11.7 Å². The SMILES string of the molecule is CC1Cc2cc(/C(O)=C3/C(=O)C(=O)N(CCc4ccccc4)C3c3ccccc3)ccc2O1. The highest BCUT2D eigenvalue weighted by Gasteiger charge is 2.45. The van der Waals surface area contributed by atoms with Crippen LogP contribution in [0.3, 0.4) is 0 Å². The van der Waals surface area contributed by atoms with Crippen molar-refractivity contribution < 1.29 is 19.4 Å². The van der Waals surface area contributed by atoms with Crippen LogP contribution in [0.25, 0.3) is 5.76 Å². The Morgan fingerprint density at radius 3 is 2.42 bits per heavy atom. The number of fused-ring (bicyclic) bond motifs is 1. The molecule has 0 radical (unpaired) electrons. The molecule has 5 heteroatoms. The summed E-state index contributed by atoms with van der Waals surface area (Å²) in [6.07, 6.45) is 1.43. The van der Waals surface area contributed by atoms with Gasteiger partial charge in [0.2, 0.25) is 0 Å². The lowest BCUT2D eigenvalue weighted by Crippen LogP contribution is -2.31. The van der Waals surface area contributed by atoms with Gasteiger partial charge in [0.1, 0.15) is 17.6 Å². The van der Waals surface area contributed by atoms with Crippen molar-refractivity contribution in [3.8, 4) is 5.75 Å². The maximum Gasteiger partial charge on any atom is 0.295 e. The van der Waals surface area contributed by atoms with Gasteiger partial charge in [-0.15, -0.1) is 0 Å². The molecule has 2 heterocycles. The minimum atomic E-state index is -0.653. The Hall–Kier alpha value is -3.86. The number of ether oxygens (including phenoxy) is 1. The number of carbonyl (C=O) groups excluding carboxylic acids is 2. The maximum atomic E-state index is 13.2. The zero-order valence-electron chi connectivity index (χ0n) is 18.4. The average Bonchev–Trinajstić information content (AvgIpc) is 3.34. The van der Waals surface area contributed by atoms with E-state index in [1.54, 1.807) is 11.0 Å². The number of likely N-dealkylation sites (tertiary alicyclic amines) is 1. The lowest BCUT2D eigenvalue weighted by molar-refractivity contribution is -0.139. The van der Waals surface area contributed by atoms with Gasteiger partial charge in [-0.3, -0.25) is 9.59 Å². The summed E-state index contributed by atoms with van der Waals surface area (Å²) in [7, 11) is 0. The fourth-order valence-electron chi connectivity index (χ4n) is 4.71. The molecular weight excluding hydrogens is 414 g/mol. The molecule has 2 aliphatic rings. The van der Waals surface area contributed by atoms with Gasteiger partial charge in [0.15, 0.2) is 0 Å². The molecule has 1 fully saturated rings. The van der Waals surface area contributed by atoms with Crippen LogP contribution in [0.2, 0.25) is 0 Å². The quantitative estimate of drug-likeness (QED) is 0.356. The summed E-state index contributed by atoms with van der Waals surface area (Å²) in [6, 6.07) is 24.0. The van der Waals surface area contributed by atoms with Gasteiger partial charge in [0, 0.05) is 18.5 Å². The monoisotopic (exact) mass is 439 g/mol. The highest BCUT2D eigenvalue weighted by Crippen LogP contribution is 2.40. The predicted molar refractivity (Wildman–Crippen MR) is 126 cm³/mol. The number of nitrogens with zero attached hydrogens (tertiary/aromatic N) is 1. The predicted octanol–water partition coefficient (Wildman–Crippen LogP) is 4.67. The Bertz CT molecular complexity index is 1230. The fourth-order valence-corrected chi connectivity index (χ4v) is 4.71. The normalized spacial score (nSPS) is 21.2. The number of Topliss-reactive ketones (excluding diaryl/α,β-unsaturated/α-hetero) is 1. The third kappa shape index (κ3) is 3.91. The zero-order valence-corrected chi connectivity index (χ0v) is 18.4. The molecule has 1 saturated heterocycles. The number of benzene rings is 3. The van der Waals surface area contributed by atoms with Crippen LogP contribution in [0.1, 0.15) is 35.2 Å². The van der Waals surface area contributed by atoms with Crippen molar-refractivity contribution in [1.29, 1.82) is 0 Å². The molecule has 3 aromatic carbocycles. The standard InChI is InChI=1S/C28H25NO4/c1-18-16-22-17-21(12-13-23(22)33-18)26(30)24-25(20-10-6-3-7-11-20)29(28(32)27(24)31)15-14-19-8-4-2-5-9-19/h2-13,17-18,25,30H,14-16H2,1H3/b26-24-. The number of hydrogen-bond donors (Lipinski definition) is 1. The molecule has 33 heavy (non-hydrogen) atoms. The van der Waals surface area contributed by atoms with E-state index in [1.807, 2.05) is 79.7 Å². The molecule has 2 atom stereocenters. The highest BCUT2D eigenvalue weighted by molar-refractivity contribution is 6.46. The van der Waals surface area contributed by atoms with E-state index >= 15 is 0 Å². The summed E-state index contributed by atoms with van der Waals surface area (Å²) in [5, 5.41) is 11.3. The van der Waals surface area contributed by atoms with Crippen LogP contribution < -0.4 is 4.74 Å². The Balaban J connectivity index is 1.56. The van der Waals surface area contributed by atoms with Gasteiger partial charge in [-0.1, -0.05) is 60.7 Å². The minimum Gasteiger partial charge on any atom is -0.507 e. The van der Waals surface area contributed by atoms with Gasteiger partial charge < -0.3 is 14.7 Å². The molecule has 0 bridgehead atoms. The highest BCUT2D eigenvalue weighted by atomic mass is 16.5. The first-order valence-electron chi connectivity index (χ1n) is 11.2. The number of aliphatic hydroxyl groups is 1. The van der Waals surface area contributed by atoms with Gasteiger partial charge >= 0.3 is 0 Å². The van der Waals surface area contributed by atoms with Crippen LogP contribution in [-0.4, -0.2) is 34.3 Å². The molecule has 0 saturated carbocycles. The first-order chi connectivity index (χ1) is 16.0. The molecule has 1 amide bonds. The van der Waals surface area contributed by atoms with Crippen molar-refractivity contribution in [3.05, 3.63) is 107 Å². The second-order valence-corrected chi connectivity index (χ2v) is 8.59. The number of rotatable bonds is 5. The topological polar surface area (TPSA) is 66.8 Å². The number of aliphatic hydroxyl groups excluding tert-OH is 1. The summed E-state index contributed by atoms with van der Waals surface area (Å²) in [5.74, 6) is -0.590. The van der Waals surface area contributed by atoms with E-state index < -0.39 is 17.7 Å². The van der Waals surface area contributed by atoms with Gasteiger partial charge in [-0.25, -0.2) is 0 Å². The zero-order chi connectivity index (χ0) is 22.9. The van der Waals surface area contributed by atoms with Crippen LogP contribution in [0, 0.1) is 0 Å². The summed E-state index contributed by atoms with van der Waals surface area (Å²) in [4.78, 5) is 27.9. The van der Waals surface area contributed by atoms with Crippen molar-refractivity contribution >= 4 is 17.4 Å². The molecule has 1 N–H and O–H groups in total. The van der Waals surface area contributed by atoms with Crippen LogP contribution in [0.15, 0.2) is 84.4 Å². The first kappa shape index (κ1) is 21.0. The Morgan fingerprint density at radius 1 is 1.00 bits per heavy atom. The van der Waals surface area contributed by atoms with Crippen LogP contribution in [0.5, 0.6) is 5.75 Å². The van der Waals surface area contributed by atoms with E-state index in [0.717, 1.165) is 28.9 Å². The second-order valence-electron chi connectivity index (χ2n) is 8.59. The molecule has 0 aliphatic carbocycles. The van der Waals surface area contributed by atoms with Crippen LogP contribution in [0.4, 0.5) is 0 Å². The van der Waals surface area contributed by atoms with Gasteiger partial charge in [-0.05, 0) is 48.2 Å². The van der Waals surface area contributed by atoms with Gasteiger partial charge in [0.05, 0.1) is 11.6 Å². The molecule has 0 aromatic heterocycles. The van der Waals surface area contributed by atoms with Crippen LogP contribution >= 0.6 is 0 Å². The molecule has 5 nitrogen and oxygen atoms in total. The summed E-state index contributed by atoms with van der Waals surface area (Å²) >= 11 is 0. The Kier molecular flexibility index (Phi) is 5.47. The van der Waals surface area contributed by atoms with Crippen molar-refractivity contribution in [2.75, 3.05) is 6.54 Å². The van der Waals surface area contributed by atoms with E-state index in [2.05, 4.69) is 0 Å². The molecule has 0 spiro atoms. The smallest absolute Gasteiger partial charge is 0.295 e. The van der Waals surface area contributed by atoms with E-state index in [1.165, 1.54) is 0 Å². The number of ketones is 1. The van der Waals surface area contributed by atoms with Crippen molar-refractivity contribution in [2.24, 2.45) is 0 Å². The Labute approximate surface area is 192 Å². The lowest BCUT2D eigenvalue weighted by atomic mass is 9.94. The third-order valence-electron chi connectivity index (χ3n) is 6.31. The van der Waals surface area contributed by atoms with Crippen LogP contribution in [-0.2, 0) is 22.4 Å². The Morgan fingerprint density at radius 2 is 1.70 bits per heavy atom. The lowest BCUT2D eigenvalue weighted by Gasteiger charge is -2.25. The maximum absolute atomic E-state index is 13.2. The number of carbonyl (C=O) groups is 2. The van der Waals surface area contributed by atoms with Crippen molar-refractivity contribution in [1.82, 2.24) is 4.90 Å².